The number of rotatable bonds is 4. The molecule has 2 aliphatic heterocycles. The minimum absolute atomic E-state index is 0.00123. The molecule has 0 aliphatic carbocycles. The molecule has 2 N–H and O–H groups in total. The highest BCUT2D eigenvalue weighted by atomic mass is 16.5. The molecule has 0 spiro atoms. The van der Waals surface area contributed by atoms with Crippen molar-refractivity contribution in [3.63, 3.8) is 0 Å². The first-order valence-corrected chi connectivity index (χ1v) is 7.53. The second-order valence-electron chi connectivity index (χ2n) is 5.69. The van der Waals surface area contributed by atoms with Gasteiger partial charge in [0.05, 0.1) is 19.3 Å². The van der Waals surface area contributed by atoms with Crippen molar-refractivity contribution in [3.05, 3.63) is 0 Å². The first-order valence-electron chi connectivity index (χ1n) is 7.53. The fourth-order valence-corrected chi connectivity index (χ4v) is 3.12. The molecule has 0 bridgehead atoms. The van der Waals surface area contributed by atoms with Crippen LogP contribution in [-0.4, -0.2) is 67.7 Å². The number of likely N-dealkylation sites (tertiary alicyclic amines) is 1. The van der Waals surface area contributed by atoms with Crippen molar-refractivity contribution in [2.75, 3.05) is 45.9 Å². The zero-order valence-electron chi connectivity index (χ0n) is 12.0. The number of carbonyl (C=O) groups excluding carboxylic acids is 1. The van der Waals surface area contributed by atoms with Gasteiger partial charge in [0, 0.05) is 19.6 Å². The van der Waals surface area contributed by atoms with Crippen LogP contribution < -0.4 is 5.73 Å². The van der Waals surface area contributed by atoms with E-state index in [9.17, 15) is 4.79 Å². The van der Waals surface area contributed by atoms with Gasteiger partial charge in [0.15, 0.2) is 0 Å². The van der Waals surface area contributed by atoms with Crippen LogP contribution in [0.2, 0.25) is 0 Å². The third kappa shape index (κ3) is 3.91. The molecule has 0 aromatic rings. The van der Waals surface area contributed by atoms with E-state index >= 15 is 0 Å². The number of ether oxygens (including phenoxy) is 1. The molecule has 2 fully saturated rings. The van der Waals surface area contributed by atoms with Crippen LogP contribution >= 0.6 is 0 Å². The second kappa shape index (κ2) is 7.22. The normalized spacial score (nSPS) is 27.3. The summed E-state index contributed by atoms with van der Waals surface area (Å²) >= 11 is 0. The van der Waals surface area contributed by atoms with Crippen molar-refractivity contribution in [2.45, 2.75) is 32.2 Å². The lowest BCUT2D eigenvalue weighted by atomic mass is 9.94. The predicted octanol–water partition coefficient (Wildman–Crippen LogP) is 0.295. The summed E-state index contributed by atoms with van der Waals surface area (Å²) in [6.07, 6.45) is 3.52. The Bertz CT molecular complexity index is 290. The maximum Gasteiger partial charge on any atom is 0.239 e. The summed E-state index contributed by atoms with van der Waals surface area (Å²) in [5, 5.41) is 0. The van der Waals surface area contributed by atoms with Crippen molar-refractivity contribution < 1.29 is 9.53 Å². The largest absolute Gasteiger partial charge is 0.378 e. The van der Waals surface area contributed by atoms with E-state index in [-0.39, 0.29) is 11.9 Å². The van der Waals surface area contributed by atoms with E-state index in [1.807, 2.05) is 11.8 Å². The number of nitrogens with zero attached hydrogens (tertiary/aromatic N) is 2. The quantitative estimate of drug-likeness (QED) is 0.797. The van der Waals surface area contributed by atoms with E-state index in [4.69, 9.17) is 10.5 Å². The smallest absolute Gasteiger partial charge is 0.239 e. The summed E-state index contributed by atoms with van der Waals surface area (Å²) in [6.45, 7) is 7.69. The van der Waals surface area contributed by atoms with Gasteiger partial charge >= 0.3 is 0 Å². The van der Waals surface area contributed by atoms with Crippen LogP contribution in [0.5, 0.6) is 0 Å². The minimum Gasteiger partial charge on any atom is -0.378 e. The van der Waals surface area contributed by atoms with Gasteiger partial charge in [-0.1, -0.05) is 0 Å². The highest BCUT2D eigenvalue weighted by molar-refractivity contribution is 5.81. The SMILES string of the molecule is CC(C(=O)N1CCOCC1)N1CCCC(CCN)C1. The molecule has 0 aromatic carbocycles. The lowest BCUT2D eigenvalue weighted by Gasteiger charge is -2.38. The van der Waals surface area contributed by atoms with Gasteiger partial charge in [-0.15, -0.1) is 0 Å². The Balaban J connectivity index is 1.86. The molecule has 0 aromatic heterocycles. The molecule has 110 valence electrons. The van der Waals surface area contributed by atoms with Gasteiger partial charge in [0.1, 0.15) is 0 Å². The number of piperidine rings is 1. The average molecular weight is 269 g/mol. The van der Waals surface area contributed by atoms with Gasteiger partial charge in [0.25, 0.3) is 0 Å². The Morgan fingerprint density at radius 1 is 1.37 bits per heavy atom. The van der Waals surface area contributed by atoms with Gasteiger partial charge in [-0.05, 0) is 45.2 Å². The second-order valence-corrected chi connectivity index (χ2v) is 5.69. The molecule has 1 amide bonds. The maximum atomic E-state index is 12.5. The van der Waals surface area contributed by atoms with Crippen LogP contribution in [-0.2, 0) is 9.53 Å². The van der Waals surface area contributed by atoms with Gasteiger partial charge in [0.2, 0.25) is 5.91 Å². The van der Waals surface area contributed by atoms with Gasteiger partial charge < -0.3 is 15.4 Å². The molecule has 2 heterocycles. The molecule has 0 radical (unpaired) electrons. The highest BCUT2D eigenvalue weighted by Gasteiger charge is 2.30. The number of hydrogen-bond acceptors (Lipinski definition) is 4. The molecular formula is C14H27N3O2. The minimum atomic E-state index is -0.00123. The third-order valence-corrected chi connectivity index (χ3v) is 4.35. The lowest BCUT2D eigenvalue weighted by Crippen LogP contribution is -2.52. The van der Waals surface area contributed by atoms with Crippen molar-refractivity contribution >= 4 is 5.91 Å². The number of carbonyl (C=O) groups is 1. The zero-order chi connectivity index (χ0) is 13.7. The number of morpholine rings is 1. The van der Waals surface area contributed by atoms with E-state index in [1.165, 1.54) is 12.8 Å². The molecule has 2 unspecified atom stereocenters. The topological polar surface area (TPSA) is 58.8 Å². The fraction of sp³-hybridized carbons (Fsp3) is 0.929. The Kier molecular flexibility index (Phi) is 5.60. The van der Waals surface area contributed by atoms with E-state index < -0.39 is 0 Å². The molecule has 0 saturated carbocycles. The Morgan fingerprint density at radius 3 is 2.79 bits per heavy atom. The molecule has 2 aliphatic rings. The molecule has 2 atom stereocenters. The first kappa shape index (κ1) is 14.8. The first-order chi connectivity index (χ1) is 9.22. The van der Waals surface area contributed by atoms with E-state index in [1.54, 1.807) is 0 Å². The molecular weight excluding hydrogens is 242 g/mol. The summed E-state index contributed by atoms with van der Waals surface area (Å²) in [7, 11) is 0. The van der Waals surface area contributed by atoms with Crippen LogP contribution in [0.4, 0.5) is 0 Å². The van der Waals surface area contributed by atoms with Crippen LogP contribution in [0.15, 0.2) is 0 Å². The van der Waals surface area contributed by atoms with Crippen LogP contribution in [0, 0.1) is 5.92 Å². The molecule has 2 rings (SSSR count). The fourth-order valence-electron chi connectivity index (χ4n) is 3.12. The number of amides is 1. The summed E-state index contributed by atoms with van der Waals surface area (Å²) < 4.78 is 5.30. The summed E-state index contributed by atoms with van der Waals surface area (Å²) in [4.78, 5) is 16.7. The van der Waals surface area contributed by atoms with Crippen LogP contribution in [0.25, 0.3) is 0 Å². The van der Waals surface area contributed by atoms with Gasteiger partial charge in [-0.2, -0.15) is 0 Å². The zero-order valence-corrected chi connectivity index (χ0v) is 12.0. The van der Waals surface area contributed by atoms with E-state index in [0.717, 1.165) is 39.1 Å². The summed E-state index contributed by atoms with van der Waals surface area (Å²) in [5.41, 5.74) is 5.65. The molecule has 5 nitrogen and oxygen atoms in total. The highest BCUT2D eigenvalue weighted by Crippen LogP contribution is 2.21. The lowest BCUT2D eigenvalue weighted by molar-refractivity contribution is -0.141. The number of hydrogen-bond donors (Lipinski definition) is 1. The average Bonchev–Trinajstić information content (AvgIpc) is 2.47. The summed E-state index contributed by atoms with van der Waals surface area (Å²) in [6, 6.07) is -0.00123. The van der Waals surface area contributed by atoms with Crippen molar-refractivity contribution in [1.82, 2.24) is 9.80 Å². The van der Waals surface area contributed by atoms with Gasteiger partial charge in [-0.25, -0.2) is 0 Å². The number of nitrogens with two attached hydrogens (primary N) is 1. The van der Waals surface area contributed by atoms with Crippen molar-refractivity contribution in [2.24, 2.45) is 11.7 Å². The van der Waals surface area contributed by atoms with E-state index in [0.29, 0.717) is 19.1 Å². The van der Waals surface area contributed by atoms with Crippen LogP contribution in [0.3, 0.4) is 0 Å². The van der Waals surface area contributed by atoms with Crippen molar-refractivity contribution in [3.8, 4) is 0 Å². The summed E-state index contributed by atoms with van der Waals surface area (Å²) in [5.74, 6) is 0.926. The molecule has 5 heteroatoms. The predicted molar refractivity (Wildman–Crippen MR) is 74.8 cm³/mol. The Labute approximate surface area is 116 Å². The van der Waals surface area contributed by atoms with Crippen molar-refractivity contribution in [1.29, 1.82) is 0 Å². The van der Waals surface area contributed by atoms with Gasteiger partial charge in [-0.3, -0.25) is 9.69 Å². The molecule has 19 heavy (non-hydrogen) atoms. The van der Waals surface area contributed by atoms with Crippen LogP contribution in [0.1, 0.15) is 26.2 Å². The maximum absolute atomic E-state index is 12.5. The third-order valence-electron chi connectivity index (χ3n) is 4.35. The Morgan fingerprint density at radius 2 is 2.11 bits per heavy atom. The monoisotopic (exact) mass is 269 g/mol. The molecule has 2 saturated heterocycles. The van der Waals surface area contributed by atoms with E-state index in [2.05, 4.69) is 4.90 Å². The standard InChI is InChI=1S/C14H27N3O2/c1-12(14(18)16-7-9-19-10-8-16)17-6-2-3-13(11-17)4-5-15/h12-13H,2-11,15H2,1H3. The Hall–Kier alpha value is -0.650.